The van der Waals surface area contributed by atoms with Crippen molar-refractivity contribution in [2.24, 2.45) is 0 Å². The fraction of sp³-hybridized carbons (Fsp3) is 0.250. The van der Waals surface area contributed by atoms with E-state index in [4.69, 9.17) is 0 Å². The monoisotopic (exact) mass is 276 g/mol. The summed E-state index contributed by atoms with van der Waals surface area (Å²) in [6, 6.07) is 21.2. The molecule has 0 radical (unpaired) electrons. The molecule has 0 heterocycles. The van der Waals surface area contributed by atoms with E-state index in [1.54, 1.807) is 0 Å². The van der Waals surface area contributed by atoms with Crippen molar-refractivity contribution in [3.05, 3.63) is 60.7 Å². The van der Waals surface area contributed by atoms with E-state index in [1.807, 2.05) is 0 Å². The minimum atomic E-state index is 0.104. The average Bonchev–Trinajstić information content (AvgIpc) is 2.41. The number of benzene rings is 2. The first-order chi connectivity index (χ1) is 8.61. The molecule has 0 aliphatic carbocycles. The SMILES string of the molecule is CP(C)c1ccccc1.CP(C)c1ccccc1. The normalized spacial score (nSPS) is 10.1. The Morgan fingerprint density at radius 1 is 0.500 bits per heavy atom. The van der Waals surface area contributed by atoms with E-state index in [2.05, 4.69) is 87.3 Å². The number of hydrogen-bond acceptors (Lipinski definition) is 0. The molecule has 0 nitrogen and oxygen atoms in total. The molecule has 0 bridgehead atoms. The maximum atomic E-state index is 2.27. The smallest absolute Gasteiger partial charge is 0.0246 e. The lowest BCUT2D eigenvalue weighted by Crippen LogP contribution is -1.95. The van der Waals surface area contributed by atoms with Gasteiger partial charge in [-0.3, -0.25) is 0 Å². The lowest BCUT2D eigenvalue weighted by molar-refractivity contribution is 1.77. The van der Waals surface area contributed by atoms with Crippen LogP contribution in [-0.2, 0) is 0 Å². The van der Waals surface area contributed by atoms with Crippen LogP contribution in [-0.4, -0.2) is 26.7 Å². The summed E-state index contributed by atoms with van der Waals surface area (Å²) < 4.78 is 0. The van der Waals surface area contributed by atoms with Crippen LogP contribution in [0.4, 0.5) is 0 Å². The van der Waals surface area contributed by atoms with E-state index < -0.39 is 0 Å². The third kappa shape index (κ3) is 5.76. The van der Waals surface area contributed by atoms with Crippen molar-refractivity contribution in [1.29, 1.82) is 0 Å². The van der Waals surface area contributed by atoms with E-state index in [0.717, 1.165) is 0 Å². The summed E-state index contributed by atoms with van der Waals surface area (Å²) in [6.07, 6.45) is 0. The van der Waals surface area contributed by atoms with Crippen LogP contribution in [0.3, 0.4) is 0 Å². The molecule has 0 spiro atoms. The molecule has 0 aliphatic heterocycles. The summed E-state index contributed by atoms with van der Waals surface area (Å²) in [5.41, 5.74) is 0. The summed E-state index contributed by atoms with van der Waals surface area (Å²) in [4.78, 5) is 0. The molecule has 0 aliphatic rings. The zero-order valence-corrected chi connectivity index (χ0v) is 13.5. The zero-order valence-electron chi connectivity index (χ0n) is 11.7. The summed E-state index contributed by atoms with van der Waals surface area (Å²) in [7, 11) is 0.209. The van der Waals surface area contributed by atoms with E-state index in [9.17, 15) is 0 Å². The van der Waals surface area contributed by atoms with E-state index >= 15 is 0 Å². The Labute approximate surface area is 114 Å². The standard InChI is InChI=1S/2C8H11P/c2*1-9(2)8-6-4-3-5-7-8/h2*3-7H,1-2H3. The summed E-state index contributed by atoms with van der Waals surface area (Å²) in [6.45, 7) is 9.07. The molecule has 0 fully saturated rings. The predicted octanol–water partition coefficient (Wildman–Crippen LogP) is 4.11. The molecule has 2 aromatic rings. The van der Waals surface area contributed by atoms with Gasteiger partial charge in [0, 0.05) is 0 Å². The third-order valence-corrected chi connectivity index (χ3v) is 5.21. The minimum absolute atomic E-state index is 0.104. The molecular weight excluding hydrogens is 254 g/mol. The average molecular weight is 276 g/mol. The second-order valence-corrected chi connectivity index (χ2v) is 9.07. The van der Waals surface area contributed by atoms with Gasteiger partial charge in [0.05, 0.1) is 0 Å². The molecule has 0 saturated heterocycles. The van der Waals surface area contributed by atoms with Crippen molar-refractivity contribution >= 4 is 26.5 Å². The van der Waals surface area contributed by atoms with Crippen LogP contribution in [0, 0.1) is 0 Å². The Morgan fingerprint density at radius 2 is 0.778 bits per heavy atom. The zero-order chi connectivity index (χ0) is 13.4. The largest absolute Gasteiger partial charge is 0.0817 e. The number of hydrogen-bond donors (Lipinski definition) is 0. The first kappa shape index (κ1) is 15.4. The predicted molar refractivity (Wildman–Crippen MR) is 89.7 cm³/mol. The molecule has 0 N–H and O–H groups in total. The van der Waals surface area contributed by atoms with Crippen LogP contribution in [0.5, 0.6) is 0 Å². The molecule has 18 heavy (non-hydrogen) atoms. The Hall–Kier alpha value is -0.700. The van der Waals surface area contributed by atoms with E-state index in [0.29, 0.717) is 0 Å². The molecule has 96 valence electrons. The minimum Gasteiger partial charge on any atom is -0.0817 e. The summed E-state index contributed by atoms with van der Waals surface area (Å²) >= 11 is 0. The van der Waals surface area contributed by atoms with Gasteiger partial charge in [0.15, 0.2) is 0 Å². The molecule has 0 saturated carbocycles. The highest BCUT2D eigenvalue weighted by Crippen LogP contribution is 2.22. The van der Waals surface area contributed by atoms with Gasteiger partial charge in [-0.1, -0.05) is 76.5 Å². The lowest BCUT2D eigenvalue weighted by atomic mass is 10.4. The molecule has 0 amide bonds. The van der Waals surface area contributed by atoms with Gasteiger partial charge in [-0.15, -0.1) is 0 Å². The van der Waals surface area contributed by atoms with Crippen molar-refractivity contribution in [1.82, 2.24) is 0 Å². The quantitative estimate of drug-likeness (QED) is 0.724. The fourth-order valence-corrected chi connectivity index (χ4v) is 2.99. The van der Waals surface area contributed by atoms with Crippen molar-refractivity contribution < 1.29 is 0 Å². The van der Waals surface area contributed by atoms with Gasteiger partial charge in [0.2, 0.25) is 0 Å². The van der Waals surface area contributed by atoms with Gasteiger partial charge >= 0.3 is 0 Å². The lowest BCUT2D eigenvalue weighted by Gasteiger charge is -2.02. The molecule has 0 aromatic heterocycles. The summed E-state index contributed by atoms with van der Waals surface area (Å²) in [5.74, 6) is 0. The fourth-order valence-electron chi connectivity index (χ4n) is 1.45. The van der Waals surface area contributed by atoms with Crippen LogP contribution < -0.4 is 10.6 Å². The highest BCUT2D eigenvalue weighted by atomic mass is 31.1. The van der Waals surface area contributed by atoms with Crippen molar-refractivity contribution in [3.63, 3.8) is 0 Å². The van der Waals surface area contributed by atoms with Gasteiger partial charge in [-0.2, -0.15) is 0 Å². The maximum absolute atomic E-state index is 2.27. The van der Waals surface area contributed by atoms with Crippen molar-refractivity contribution in [3.8, 4) is 0 Å². The first-order valence-electron chi connectivity index (χ1n) is 6.06. The highest BCUT2D eigenvalue weighted by molar-refractivity contribution is 7.64. The van der Waals surface area contributed by atoms with Crippen LogP contribution in [0.1, 0.15) is 0 Å². The van der Waals surface area contributed by atoms with Crippen LogP contribution in [0.15, 0.2) is 60.7 Å². The molecule has 2 heteroatoms. The molecular formula is C16H22P2. The third-order valence-electron chi connectivity index (χ3n) is 2.55. The van der Waals surface area contributed by atoms with Gasteiger partial charge in [-0.05, 0) is 37.3 Å². The van der Waals surface area contributed by atoms with Gasteiger partial charge in [0.25, 0.3) is 0 Å². The van der Waals surface area contributed by atoms with Gasteiger partial charge in [0.1, 0.15) is 0 Å². The number of rotatable bonds is 2. The molecule has 2 rings (SSSR count). The van der Waals surface area contributed by atoms with Crippen LogP contribution in [0.2, 0.25) is 0 Å². The van der Waals surface area contributed by atoms with Gasteiger partial charge in [-0.25, -0.2) is 0 Å². The topological polar surface area (TPSA) is 0 Å². The Kier molecular flexibility index (Phi) is 7.18. The second-order valence-electron chi connectivity index (χ2n) is 4.46. The van der Waals surface area contributed by atoms with E-state index in [1.165, 1.54) is 10.6 Å². The molecule has 0 unspecified atom stereocenters. The Balaban J connectivity index is 0.000000180. The van der Waals surface area contributed by atoms with Crippen molar-refractivity contribution in [2.45, 2.75) is 0 Å². The Bertz CT molecular complexity index is 378. The van der Waals surface area contributed by atoms with Crippen LogP contribution >= 0.6 is 15.8 Å². The van der Waals surface area contributed by atoms with Crippen molar-refractivity contribution in [2.75, 3.05) is 26.7 Å². The molecule has 2 aromatic carbocycles. The maximum Gasteiger partial charge on any atom is -0.0246 e. The highest BCUT2D eigenvalue weighted by Gasteiger charge is 1.93. The first-order valence-corrected chi connectivity index (χ1v) is 10.5. The summed E-state index contributed by atoms with van der Waals surface area (Å²) in [5, 5.41) is 2.96. The second kappa shape index (κ2) is 8.41. The van der Waals surface area contributed by atoms with E-state index in [-0.39, 0.29) is 15.8 Å². The van der Waals surface area contributed by atoms with Gasteiger partial charge < -0.3 is 0 Å². The Morgan fingerprint density at radius 3 is 0.944 bits per heavy atom. The molecule has 0 atom stereocenters. The van der Waals surface area contributed by atoms with Crippen LogP contribution in [0.25, 0.3) is 0 Å².